The molecule has 0 radical (unpaired) electrons. The van der Waals surface area contributed by atoms with Crippen LogP contribution in [0.3, 0.4) is 0 Å². The second-order valence-electron chi connectivity index (χ2n) is 4.49. The number of allylic oxidation sites excluding steroid dienone is 1. The van der Waals surface area contributed by atoms with E-state index in [4.69, 9.17) is 0 Å². The standard InChI is InChI=1S/C15H16O3/c1-3-4-10-5-6-11-9-12(15(17)18-2)7-8-13(11)14(10)16/h3,7-10H,1,4-6H2,2H3. The number of rotatable bonds is 3. The molecule has 0 aliphatic heterocycles. The van der Waals surface area contributed by atoms with Crippen molar-refractivity contribution in [3.05, 3.63) is 47.5 Å². The smallest absolute Gasteiger partial charge is 0.337 e. The summed E-state index contributed by atoms with van der Waals surface area (Å²) in [7, 11) is 1.35. The summed E-state index contributed by atoms with van der Waals surface area (Å²) in [5.74, 6) is -0.162. The lowest BCUT2D eigenvalue weighted by atomic mass is 9.80. The van der Waals surface area contributed by atoms with Crippen molar-refractivity contribution in [2.45, 2.75) is 19.3 Å². The molecule has 0 bridgehead atoms. The van der Waals surface area contributed by atoms with Crippen LogP contribution in [0, 0.1) is 5.92 Å². The van der Waals surface area contributed by atoms with Crippen LogP contribution in [0.5, 0.6) is 0 Å². The summed E-state index contributed by atoms with van der Waals surface area (Å²) in [4.78, 5) is 23.6. The van der Waals surface area contributed by atoms with Gasteiger partial charge >= 0.3 is 5.97 Å². The summed E-state index contributed by atoms with van der Waals surface area (Å²) in [6, 6.07) is 5.15. The fourth-order valence-electron chi connectivity index (χ4n) is 2.39. The molecule has 0 fully saturated rings. The highest BCUT2D eigenvalue weighted by molar-refractivity contribution is 6.01. The van der Waals surface area contributed by atoms with Crippen molar-refractivity contribution in [2.24, 2.45) is 5.92 Å². The molecule has 1 aromatic carbocycles. The Morgan fingerprint density at radius 2 is 2.33 bits per heavy atom. The minimum absolute atomic E-state index is 0.0407. The van der Waals surface area contributed by atoms with Crippen LogP contribution in [-0.4, -0.2) is 18.9 Å². The van der Waals surface area contributed by atoms with Crippen LogP contribution < -0.4 is 0 Å². The number of carbonyl (C=O) groups excluding carboxylic acids is 2. The Morgan fingerprint density at radius 3 is 3.00 bits per heavy atom. The second kappa shape index (κ2) is 5.17. The number of methoxy groups -OCH3 is 1. The first kappa shape index (κ1) is 12.6. The molecular weight excluding hydrogens is 228 g/mol. The lowest BCUT2D eigenvalue weighted by Crippen LogP contribution is -2.22. The molecule has 94 valence electrons. The van der Waals surface area contributed by atoms with Crippen molar-refractivity contribution in [1.82, 2.24) is 0 Å². The topological polar surface area (TPSA) is 43.4 Å². The molecule has 0 saturated carbocycles. The molecule has 0 amide bonds. The summed E-state index contributed by atoms with van der Waals surface area (Å²) in [6.45, 7) is 3.68. The summed E-state index contributed by atoms with van der Waals surface area (Å²) >= 11 is 0. The molecule has 0 N–H and O–H groups in total. The maximum atomic E-state index is 12.2. The third-order valence-corrected chi connectivity index (χ3v) is 3.38. The van der Waals surface area contributed by atoms with Crippen LogP contribution in [0.15, 0.2) is 30.9 Å². The fourth-order valence-corrected chi connectivity index (χ4v) is 2.39. The Kier molecular flexibility index (Phi) is 3.60. The van der Waals surface area contributed by atoms with Crippen molar-refractivity contribution < 1.29 is 14.3 Å². The molecule has 1 aromatic rings. The summed E-state index contributed by atoms with van der Waals surface area (Å²) < 4.78 is 4.68. The lowest BCUT2D eigenvalue weighted by molar-refractivity contribution is 0.0600. The van der Waals surface area contributed by atoms with Crippen molar-refractivity contribution in [3.8, 4) is 0 Å². The number of benzene rings is 1. The zero-order valence-corrected chi connectivity index (χ0v) is 10.4. The van der Waals surface area contributed by atoms with Gasteiger partial charge in [-0.2, -0.15) is 0 Å². The van der Waals surface area contributed by atoms with E-state index >= 15 is 0 Å². The maximum Gasteiger partial charge on any atom is 0.337 e. The fraction of sp³-hybridized carbons (Fsp3) is 0.333. The third-order valence-electron chi connectivity index (χ3n) is 3.38. The minimum atomic E-state index is -0.363. The van der Waals surface area contributed by atoms with Gasteiger partial charge in [0.15, 0.2) is 5.78 Å². The van der Waals surface area contributed by atoms with E-state index in [0.29, 0.717) is 5.56 Å². The average molecular weight is 244 g/mol. The van der Waals surface area contributed by atoms with Crippen LogP contribution in [0.25, 0.3) is 0 Å². The van der Waals surface area contributed by atoms with Gasteiger partial charge in [-0.1, -0.05) is 12.1 Å². The number of aryl methyl sites for hydroxylation is 1. The van der Waals surface area contributed by atoms with Crippen LogP contribution in [0.2, 0.25) is 0 Å². The van der Waals surface area contributed by atoms with Crippen LogP contribution in [0.1, 0.15) is 39.1 Å². The molecular formula is C15H16O3. The number of ether oxygens (including phenoxy) is 1. The Labute approximate surface area is 106 Å². The molecule has 3 nitrogen and oxygen atoms in total. The SMILES string of the molecule is C=CCC1CCc2cc(C(=O)OC)ccc2C1=O. The van der Waals surface area contributed by atoms with Gasteiger partial charge < -0.3 is 4.74 Å². The monoisotopic (exact) mass is 244 g/mol. The first-order valence-electron chi connectivity index (χ1n) is 6.03. The van der Waals surface area contributed by atoms with Crippen molar-refractivity contribution in [3.63, 3.8) is 0 Å². The van der Waals surface area contributed by atoms with Gasteiger partial charge in [0.1, 0.15) is 0 Å². The molecule has 1 atom stereocenters. The van der Waals surface area contributed by atoms with Crippen LogP contribution in [-0.2, 0) is 11.2 Å². The number of Topliss-reactive ketones (excluding diaryl/α,β-unsaturated/α-hetero) is 1. The molecule has 3 heteroatoms. The first-order chi connectivity index (χ1) is 8.67. The van der Waals surface area contributed by atoms with Gasteiger partial charge in [-0.15, -0.1) is 6.58 Å². The van der Waals surface area contributed by atoms with E-state index in [1.54, 1.807) is 24.3 Å². The van der Waals surface area contributed by atoms with Gasteiger partial charge in [0, 0.05) is 11.5 Å². The van der Waals surface area contributed by atoms with Gasteiger partial charge in [-0.3, -0.25) is 4.79 Å². The number of hydrogen-bond acceptors (Lipinski definition) is 3. The van der Waals surface area contributed by atoms with E-state index in [0.717, 1.165) is 30.4 Å². The number of carbonyl (C=O) groups is 2. The molecule has 0 spiro atoms. The zero-order valence-electron chi connectivity index (χ0n) is 10.4. The van der Waals surface area contributed by atoms with E-state index < -0.39 is 0 Å². The van der Waals surface area contributed by atoms with Gasteiger partial charge in [0.25, 0.3) is 0 Å². The van der Waals surface area contributed by atoms with E-state index in [1.165, 1.54) is 7.11 Å². The van der Waals surface area contributed by atoms with E-state index in [-0.39, 0.29) is 17.7 Å². The first-order valence-corrected chi connectivity index (χ1v) is 6.03. The molecule has 1 aliphatic rings. The van der Waals surface area contributed by atoms with Crippen molar-refractivity contribution >= 4 is 11.8 Å². The van der Waals surface area contributed by atoms with E-state index in [9.17, 15) is 9.59 Å². The van der Waals surface area contributed by atoms with Crippen molar-refractivity contribution in [1.29, 1.82) is 0 Å². The molecule has 0 saturated heterocycles. The predicted molar refractivity (Wildman–Crippen MR) is 68.7 cm³/mol. The van der Waals surface area contributed by atoms with Gasteiger partial charge in [-0.05, 0) is 37.0 Å². The maximum absolute atomic E-state index is 12.2. The highest BCUT2D eigenvalue weighted by Crippen LogP contribution is 2.28. The second-order valence-corrected chi connectivity index (χ2v) is 4.49. The van der Waals surface area contributed by atoms with Gasteiger partial charge in [0.2, 0.25) is 0 Å². The van der Waals surface area contributed by atoms with Crippen LogP contribution >= 0.6 is 0 Å². The summed E-state index contributed by atoms with van der Waals surface area (Å²) in [5, 5.41) is 0. The number of fused-ring (bicyclic) bond motifs is 1. The lowest BCUT2D eigenvalue weighted by Gasteiger charge is -2.22. The van der Waals surface area contributed by atoms with Crippen molar-refractivity contribution in [2.75, 3.05) is 7.11 Å². The zero-order chi connectivity index (χ0) is 13.1. The summed E-state index contributed by atoms with van der Waals surface area (Å²) in [5.41, 5.74) is 2.19. The van der Waals surface area contributed by atoms with Gasteiger partial charge in [0.05, 0.1) is 12.7 Å². The molecule has 2 rings (SSSR count). The summed E-state index contributed by atoms with van der Waals surface area (Å²) in [6.07, 6.45) is 4.15. The third kappa shape index (κ3) is 2.21. The number of hydrogen-bond donors (Lipinski definition) is 0. The number of esters is 1. The average Bonchev–Trinajstić information content (AvgIpc) is 2.41. The Bertz CT molecular complexity index is 502. The highest BCUT2D eigenvalue weighted by Gasteiger charge is 2.26. The van der Waals surface area contributed by atoms with Gasteiger partial charge in [-0.25, -0.2) is 4.79 Å². The quantitative estimate of drug-likeness (QED) is 0.606. The normalized spacial score (nSPS) is 18.1. The Hall–Kier alpha value is -1.90. The van der Waals surface area contributed by atoms with E-state index in [1.807, 2.05) is 0 Å². The minimum Gasteiger partial charge on any atom is -0.465 e. The molecule has 1 aliphatic carbocycles. The molecule has 0 heterocycles. The Morgan fingerprint density at radius 1 is 1.56 bits per heavy atom. The molecule has 1 unspecified atom stereocenters. The molecule has 0 aromatic heterocycles. The Balaban J connectivity index is 2.32. The molecule has 18 heavy (non-hydrogen) atoms. The van der Waals surface area contributed by atoms with Crippen LogP contribution in [0.4, 0.5) is 0 Å². The predicted octanol–water partition coefficient (Wildman–Crippen LogP) is 2.79. The largest absolute Gasteiger partial charge is 0.465 e. The highest BCUT2D eigenvalue weighted by atomic mass is 16.5. The number of ketones is 1. The van der Waals surface area contributed by atoms with E-state index in [2.05, 4.69) is 11.3 Å².